The summed E-state index contributed by atoms with van der Waals surface area (Å²) in [5, 5.41) is 9.81. The summed E-state index contributed by atoms with van der Waals surface area (Å²) < 4.78 is 13.6. The van der Waals surface area contributed by atoms with Crippen molar-refractivity contribution in [1.29, 1.82) is 0 Å². The highest BCUT2D eigenvalue weighted by Crippen LogP contribution is 2.21. The van der Waals surface area contributed by atoms with Crippen molar-refractivity contribution in [3.63, 3.8) is 0 Å². The molecular weight excluding hydrogens is 287 g/mol. The number of rotatable bonds is 4. The van der Waals surface area contributed by atoms with Gasteiger partial charge in [-0.3, -0.25) is 5.10 Å². The maximum atomic E-state index is 13.1. The highest BCUT2D eigenvalue weighted by molar-refractivity contribution is 9.10. The number of aromatic nitrogens is 3. The van der Waals surface area contributed by atoms with E-state index in [1.54, 1.807) is 12.1 Å². The van der Waals surface area contributed by atoms with Gasteiger partial charge in [0.15, 0.2) is 0 Å². The molecule has 0 aliphatic carbocycles. The van der Waals surface area contributed by atoms with Crippen LogP contribution in [0.3, 0.4) is 0 Å². The highest BCUT2D eigenvalue weighted by atomic mass is 79.9. The van der Waals surface area contributed by atoms with Crippen LogP contribution >= 0.6 is 15.9 Å². The summed E-state index contributed by atoms with van der Waals surface area (Å²) >= 11 is 3.17. The quantitative estimate of drug-likeness (QED) is 0.912. The maximum Gasteiger partial charge on any atom is 0.138 e. The van der Waals surface area contributed by atoms with Crippen molar-refractivity contribution in [1.82, 2.24) is 20.5 Å². The molecule has 2 N–H and O–H groups in total. The van der Waals surface area contributed by atoms with Crippen LogP contribution in [0.1, 0.15) is 24.4 Å². The first-order chi connectivity index (χ1) is 8.16. The van der Waals surface area contributed by atoms with E-state index in [-0.39, 0.29) is 11.9 Å². The molecule has 0 amide bonds. The lowest BCUT2D eigenvalue weighted by Gasteiger charge is -2.13. The Morgan fingerprint density at radius 3 is 3.00 bits per heavy atom. The van der Waals surface area contributed by atoms with Gasteiger partial charge in [-0.15, -0.1) is 0 Å². The van der Waals surface area contributed by atoms with Crippen molar-refractivity contribution < 1.29 is 4.39 Å². The summed E-state index contributed by atoms with van der Waals surface area (Å²) in [5.41, 5.74) is 1.01. The molecule has 0 bridgehead atoms. The lowest BCUT2D eigenvalue weighted by atomic mass is 10.1. The van der Waals surface area contributed by atoms with Crippen LogP contribution in [0.25, 0.3) is 0 Å². The zero-order chi connectivity index (χ0) is 12.3. The van der Waals surface area contributed by atoms with Gasteiger partial charge in [-0.25, -0.2) is 9.37 Å². The van der Waals surface area contributed by atoms with Crippen molar-refractivity contribution in [2.45, 2.75) is 19.5 Å². The van der Waals surface area contributed by atoms with Crippen molar-refractivity contribution in [2.75, 3.05) is 0 Å². The summed E-state index contributed by atoms with van der Waals surface area (Å²) in [6.45, 7) is 2.60. The van der Waals surface area contributed by atoms with Crippen LogP contribution in [-0.2, 0) is 6.54 Å². The summed E-state index contributed by atoms with van der Waals surface area (Å²) in [7, 11) is 0. The standard InChI is InChI=1S/C11H12BrFN4/c1-7(14-5-11-15-6-16-17-11)8-2-3-10(13)9(12)4-8/h2-4,6-7,14H,5H2,1H3,(H,15,16,17). The molecule has 1 aromatic carbocycles. The SMILES string of the molecule is CC(NCc1ncn[nH]1)c1ccc(F)c(Br)c1. The van der Waals surface area contributed by atoms with E-state index in [4.69, 9.17) is 0 Å². The molecule has 4 nitrogen and oxygen atoms in total. The van der Waals surface area contributed by atoms with Gasteiger partial charge in [0.1, 0.15) is 18.0 Å². The van der Waals surface area contributed by atoms with Crippen LogP contribution < -0.4 is 5.32 Å². The Kier molecular flexibility index (Phi) is 3.86. The van der Waals surface area contributed by atoms with Crippen LogP contribution in [0.5, 0.6) is 0 Å². The van der Waals surface area contributed by atoms with E-state index < -0.39 is 0 Å². The number of halogens is 2. The smallest absolute Gasteiger partial charge is 0.138 e. The molecule has 2 aromatic rings. The molecule has 90 valence electrons. The Labute approximate surface area is 107 Å². The third-order valence-corrected chi connectivity index (χ3v) is 3.09. The van der Waals surface area contributed by atoms with Crippen LogP contribution in [-0.4, -0.2) is 15.2 Å². The molecule has 0 aliphatic heterocycles. The van der Waals surface area contributed by atoms with Crippen LogP contribution in [0.2, 0.25) is 0 Å². The van der Waals surface area contributed by atoms with E-state index in [9.17, 15) is 4.39 Å². The van der Waals surface area contributed by atoms with Crippen molar-refractivity contribution >= 4 is 15.9 Å². The maximum absolute atomic E-state index is 13.1. The monoisotopic (exact) mass is 298 g/mol. The predicted octanol–water partition coefficient (Wildman–Crippen LogP) is 2.56. The Morgan fingerprint density at radius 2 is 2.35 bits per heavy atom. The number of nitrogens with one attached hydrogen (secondary N) is 2. The van der Waals surface area contributed by atoms with Crippen molar-refractivity contribution in [2.24, 2.45) is 0 Å². The molecule has 0 saturated heterocycles. The second-order valence-corrected chi connectivity index (χ2v) is 4.56. The van der Waals surface area contributed by atoms with Crippen molar-refractivity contribution in [3.8, 4) is 0 Å². The minimum Gasteiger partial charge on any atom is -0.303 e. The molecule has 0 saturated carbocycles. The number of hydrogen-bond donors (Lipinski definition) is 2. The van der Waals surface area contributed by atoms with Gasteiger partial charge in [-0.05, 0) is 40.5 Å². The fourth-order valence-electron chi connectivity index (χ4n) is 1.47. The second kappa shape index (κ2) is 5.37. The minimum absolute atomic E-state index is 0.108. The lowest BCUT2D eigenvalue weighted by molar-refractivity contribution is 0.557. The first kappa shape index (κ1) is 12.2. The zero-order valence-corrected chi connectivity index (χ0v) is 10.8. The van der Waals surface area contributed by atoms with Gasteiger partial charge in [-0.1, -0.05) is 6.07 Å². The zero-order valence-electron chi connectivity index (χ0n) is 9.24. The van der Waals surface area contributed by atoms with Crippen LogP contribution in [0.15, 0.2) is 29.0 Å². The number of benzene rings is 1. The first-order valence-corrected chi connectivity index (χ1v) is 5.98. The second-order valence-electron chi connectivity index (χ2n) is 3.71. The highest BCUT2D eigenvalue weighted by Gasteiger charge is 2.08. The average molecular weight is 299 g/mol. The van der Waals surface area contributed by atoms with Gasteiger partial charge in [0.05, 0.1) is 11.0 Å². The molecule has 0 fully saturated rings. The molecule has 6 heteroatoms. The molecule has 0 radical (unpaired) electrons. The van der Waals surface area contributed by atoms with Gasteiger partial charge in [0, 0.05) is 6.04 Å². The largest absolute Gasteiger partial charge is 0.303 e. The van der Waals surface area contributed by atoms with Crippen LogP contribution in [0.4, 0.5) is 4.39 Å². The molecular formula is C11H12BrFN4. The number of hydrogen-bond acceptors (Lipinski definition) is 3. The molecule has 1 aromatic heterocycles. The average Bonchev–Trinajstić information content (AvgIpc) is 2.82. The molecule has 1 atom stereocenters. The molecule has 0 spiro atoms. The van der Waals surface area contributed by atoms with E-state index in [1.165, 1.54) is 12.4 Å². The Balaban J connectivity index is 1.99. The first-order valence-electron chi connectivity index (χ1n) is 5.19. The Morgan fingerprint density at radius 1 is 1.53 bits per heavy atom. The summed E-state index contributed by atoms with van der Waals surface area (Å²) in [6.07, 6.45) is 1.47. The number of aromatic amines is 1. The molecule has 1 heterocycles. The molecule has 2 rings (SSSR count). The van der Waals surface area contributed by atoms with E-state index >= 15 is 0 Å². The third kappa shape index (κ3) is 3.10. The molecule has 0 aliphatic rings. The van der Waals surface area contributed by atoms with Gasteiger partial charge in [0.25, 0.3) is 0 Å². The van der Waals surface area contributed by atoms with Gasteiger partial charge < -0.3 is 5.32 Å². The summed E-state index contributed by atoms with van der Waals surface area (Å²) in [5.74, 6) is 0.522. The van der Waals surface area contributed by atoms with Crippen LogP contribution in [0, 0.1) is 5.82 Å². The summed E-state index contributed by atoms with van der Waals surface area (Å²) in [6, 6.07) is 5.09. The third-order valence-electron chi connectivity index (χ3n) is 2.48. The Bertz CT molecular complexity index is 486. The predicted molar refractivity (Wildman–Crippen MR) is 65.7 cm³/mol. The van der Waals surface area contributed by atoms with Gasteiger partial charge in [-0.2, -0.15) is 5.10 Å². The van der Waals surface area contributed by atoms with Gasteiger partial charge >= 0.3 is 0 Å². The Hall–Kier alpha value is -1.27. The molecule has 17 heavy (non-hydrogen) atoms. The van der Waals surface area contributed by atoms with E-state index in [0.29, 0.717) is 11.0 Å². The number of nitrogens with zero attached hydrogens (tertiary/aromatic N) is 2. The fraction of sp³-hybridized carbons (Fsp3) is 0.273. The van der Waals surface area contributed by atoms with Crippen molar-refractivity contribution in [3.05, 3.63) is 46.2 Å². The minimum atomic E-state index is -0.254. The van der Waals surface area contributed by atoms with E-state index in [0.717, 1.165) is 11.4 Å². The lowest BCUT2D eigenvalue weighted by Crippen LogP contribution is -2.18. The number of H-pyrrole nitrogens is 1. The molecule has 1 unspecified atom stereocenters. The van der Waals surface area contributed by atoms with Gasteiger partial charge in [0.2, 0.25) is 0 Å². The van der Waals surface area contributed by atoms with E-state index in [1.807, 2.05) is 6.92 Å². The normalized spacial score (nSPS) is 12.6. The summed E-state index contributed by atoms with van der Waals surface area (Å²) in [4.78, 5) is 4.02. The van der Waals surface area contributed by atoms with E-state index in [2.05, 4.69) is 36.4 Å². The fourth-order valence-corrected chi connectivity index (χ4v) is 1.86. The topological polar surface area (TPSA) is 53.6 Å².